The summed E-state index contributed by atoms with van der Waals surface area (Å²) in [6.07, 6.45) is -1.45. The van der Waals surface area contributed by atoms with Crippen molar-refractivity contribution in [2.45, 2.75) is 19.4 Å². The van der Waals surface area contributed by atoms with Crippen LogP contribution in [-0.4, -0.2) is 22.9 Å². The first-order valence-corrected chi connectivity index (χ1v) is 8.21. The predicted octanol–water partition coefficient (Wildman–Crippen LogP) is 4.01. The van der Waals surface area contributed by atoms with Crippen LogP contribution < -0.4 is 5.32 Å². The van der Waals surface area contributed by atoms with Crippen molar-refractivity contribution in [3.8, 4) is 0 Å². The SMILES string of the molecule is C[C@@H](OC(=O)Cc1ccccc1[N+](=O)[O-])C(=O)Nc1cc(Cl)ccc1Cl. The lowest BCUT2D eigenvalue weighted by Gasteiger charge is -2.14. The van der Waals surface area contributed by atoms with Crippen molar-refractivity contribution in [3.05, 3.63) is 68.2 Å². The van der Waals surface area contributed by atoms with Gasteiger partial charge in [0.2, 0.25) is 0 Å². The molecule has 1 amide bonds. The second-order valence-electron chi connectivity index (χ2n) is 5.31. The number of nitro benzene ring substituents is 1. The first kappa shape index (κ1) is 19.7. The Morgan fingerprint density at radius 3 is 2.62 bits per heavy atom. The summed E-state index contributed by atoms with van der Waals surface area (Å²) in [5, 5.41) is 14.1. The molecule has 0 aliphatic carbocycles. The molecule has 0 radical (unpaired) electrons. The second kappa shape index (κ2) is 8.64. The Morgan fingerprint density at radius 1 is 1.23 bits per heavy atom. The number of hydrogen-bond acceptors (Lipinski definition) is 5. The van der Waals surface area contributed by atoms with Gasteiger partial charge in [-0.2, -0.15) is 0 Å². The van der Waals surface area contributed by atoms with Crippen molar-refractivity contribution < 1.29 is 19.2 Å². The van der Waals surface area contributed by atoms with E-state index in [-0.39, 0.29) is 28.4 Å². The number of nitrogens with one attached hydrogen (secondary N) is 1. The van der Waals surface area contributed by atoms with Crippen molar-refractivity contribution in [2.75, 3.05) is 5.32 Å². The molecule has 0 aliphatic rings. The summed E-state index contributed by atoms with van der Waals surface area (Å²) >= 11 is 11.8. The number of carbonyl (C=O) groups excluding carboxylic acids is 2. The molecule has 1 atom stereocenters. The molecular formula is C17H14Cl2N2O5. The summed E-state index contributed by atoms with van der Waals surface area (Å²) in [5.41, 5.74) is 0.297. The summed E-state index contributed by atoms with van der Waals surface area (Å²) in [5.74, 6) is -1.37. The number of anilines is 1. The Balaban J connectivity index is 1.99. The largest absolute Gasteiger partial charge is 0.452 e. The molecule has 0 aliphatic heterocycles. The molecule has 0 bridgehead atoms. The van der Waals surface area contributed by atoms with Gasteiger partial charge in [0.1, 0.15) is 0 Å². The fraction of sp³-hybridized carbons (Fsp3) is 0.176. The number of nitrogens with zero attached hydrogens (tertiary/aromatic N) is 1. The average Bonchev–Trinajstić information content (AvgIpc) is 2.58. The number of nitro groups is 1. The van der Waals surface area contributed by atoms with Gasteiger partial charge in [-0.3, -0.25) is 19.7 Å². The highest BCUT2D eigenvalue weighted by Crippen LogP contribution is 2.25. The number of para-hydroxylation sites is 1. The van der Waals surface area contributed by atoms with Crippen LogP contribution in [-0.2, 0) is 20.7 Å². The van der Waals surface area contributed by atoms with Crippen molar-refractivity contribution in [1.82, 2.24) is 0 Å². The van der Waals surface area contributed by atoms with Gasteiger partial charge in [-0.05, 0) is 25.1 Å². The monoisotopic (exact) mass is 396 g/mol. The third-order valence-corrected chi connectivity index (χ3v) is 3.95. The Bertz CT molecular complexity index is 857. The van der Waals surface area contributed by atoms with Gasteiger partial charge in [0.15, 0.2) is 6.10 Å². The van der Waals surface area contributed by atoms with E-state index in [9.17, 15) is 19.7 Å². The van der Waals surface area contributed by atoms with E-state index in [1.807, 2.05) is 0 Å². The molecule has 0 fully saturated rings. The molecule has 7 nitrogen and oxygen atoms in total. The summed E-state index contributed by atoms with van der Waals surface area (Å²) in [6.45, 7) is 1.38. The van der Waals surface area contributed by atoms with Crippen LogP contribution in [0.2, 0.25) is 10.0 Å². The number of halogens is 2. The molecule has 0 heterocycles. The highest BCUT2D eigenvalue weighted by atomic mass is 35.5. The van der Waals surface area contributed by atoms with E-state index in [1.54, 1.807) is 12.1 Å². The first-order valence-electron chi connectivity index (χ1n) is 7.45. The van der Waals surface area contributed by atoms with E-state index in [2.05, 4.69) is 5.32 Å². The summed E-state index contributed by atoms with van der Waals surface area (Å²) in [7, 11) is 0. The summed E-state index contributed by atoms with van der Waals surface area (Å²) in [6, 6.07) is 10.4. The van der Waals surface area contributed by atoms with Crippen LogP contribution in [0, 0.1) is 10.1 Å². The Kier molecular flexibility index (Phi) is 6.54. The van der Waals surface area contributed by atoms with Gasteiger partial charge in [0.05, 0.1) is 22.1 Å². The van der Waals surface area contributed by atoms with Crippen molar-refractivity contribution in [3.63, 3.8) is 0 Å². The molecule has 0 saturated heterocycles. The van der Waals surface area contributed by atoms with Crippen LogP contribution in [0.4, 0.5) is 11.4 Å². The van der Waals surface area contributed by atoms with Crippen LogP contribution in [0.5, 0.6) is 0 Å². The van der Waals surface area contributed by atoms with E-state index in [0.717, 1.165) is 0 Å². The molecule has 26 heavy (non-hydrogen) atoms. The van der Waals surface area contributed by atoms with Crippen LogP contribution in [0.3, 0.4) is 0 Å². The number of amides is 1. The van der Waals surface area contributed by atoms with Crippen LogP contribution >= 0.6 is 23.2 Å². The zero-order valence-electron chi connectivity index (χ0n) is 13.6. The van der Waals surface area contributed by atoms with E-state index in [1.165, 1.54) is 37.3 Å². The molecule has 2 aromatic rings. The predicted molar refractivity (Wildman–Crippen MR) is 97.4 cm³/mol. The van der Waals surface area contributed by atoms with Gasteiger partial charge >= 0.3 is 5.97 Å². The molecule has 0 unspecified atom stereocenters. The maximum absolute atomic E-state index is 12.1. The Morgan fingerprint density at radius 2 is 1.92 bits per heavy atom. The number of rotatable bonds is 6. The van der Waals surface area contributed by atoms with E-state index in [4.69, 9.17) is 27.9 Å². The topological polar surface area (TPSA) is 98.5 Å². The molecule has 2 aromatic carbocycles. The van der Waals surface area contributed by atoms with Crippen LogP contribution in [0.15, 0.2) is 42.5 Å². The second-order valence-corrected chi connectivity index (χ2v) is 6.15. The lowest BCUT2D eigenvalue weighted by atomic mass is 10.1. The lowest BCUT2D eigenvalue weighted by molar-refractivity contribution is -0.385. The number of carbonyl (C=O) groups is 2. The van der Waals surface area contributed by atoms with Gasteiger partial charge in [-0.1, -0.05) is 41.4 Å². The molecule has 0 saturated carbocycles. The van der Waals surface area contributed by atoms with Gasteiger partial charge in [0.25, 0.3) is 11.6 Å². The van der Waals surface area contributed by atoms with Crippen LogP contribution in [0.25, 0.3) is 0 Å². The quantitative estimate of drug-likeness (QED) is 0.451. The minimum atomic E-state index is -1.12. The third kappa shape index (κ3) is 5.18. The third-order valence-electron chi connectivity index (χ3n) is 3.39. The summed E-state index contributed by atoms with van der Waals surface area (Å²) in [4.78, 5) is 34.5. The van der Waals surface area contributed by atoms with Gasteiger partial charge in [-0.25, -0.2) is 0 Å². The number of ether oxygens (including phenoxy) is 1. The van der Waals surface area contributed by atoms with E-state index >= 15 is 0 Å². The molecule has 9 heteroatoms. The molecule has 2 rings (SSSR count). The van der Waals surface area contributed by atoms with E-state index in [0.29, 0.717) is 5.02 Å². The standard InChI is InChI=1S/C17H14Cl2N2O5/c1-10(17(23)20-14-9-12(18)6-7-13(14)19)26-16(22)8-11-4-2-3-5-15(11)21(24)25/h2-7,9-10H,8H2,1H3,(H,20,23)/t10-/m1/s1. The molecule has 0 spiro atoms. The fourth-order valence-electron chi connectivity index (χ4n) is 2.11. The van der Waals surface area contributed by atoms with Crippen molar-refractivity contribution >= 4 is 46.5 Å². The molecule has 1 N–H and O–H groups in total. The van der Waals surface area contributed by atoms with Crippen molar-refractivity contribution in [2.24, 2.45) is 0 Å². The first-order chi connectivity index (χ1) is 12.3. The summed E-state index contributed by atoms with van der Waals surface area (Å²) < 4.78 is 5.04. The highest BCUT2D eigenvalue weighted by Gasteiger charge is 2.21. The van der Waals surface area contributed by atoms with Crippen molar-refractivity contribution in [1.29, 1.82) is 0 Å². The average molecular weight is 397 g/mol. The smallest absolute Gasteiger partial charge is 0.311 e. The zero-order valence-corrected chi connectivity index (χ0v) is 15.1. The Hall–Kier alpha value is -2.64. The molecule has 0 aromatic heterocycles. The number of esters is 1. The van der Waals surface area contributed by atoms with E-state index < -0.39 is 22.9 Å². The lowest BCUT2D eigenvalue weighted by Crippen LogP contribution is -2.30. The fourth-order valence-corrected chi connectivity index (χ4v) is 2.45. The maximum atomic E-state index is 12.1. The molecular weight excluding hydrogens is 383 g/mol. The van der Waals surface area contributed by atoms with Gasteiger partial charge in [-0.15, -0.1) is 0 Å². The molecule has 136 valence electrons. The Labute approximate surface area is 159 Å². The zero-order chi connectivity index (χ0) is 19.3. The van der Waals surface area contributed by atoms with Gasteiger partial charge < -0.3 is 10.1 Å². The number of hydrogen-bond donors (Lipinski definition) is 1. The van der Waals surface area contributed by atoms with Gasteiger partial charge in [0, 0.05) is 16.7 Å². The minimum absolute atomic E-state index is 0.188. The maximum Gasteiger partial charge on any atom is 0.311 e. The minimum Gasteiger partial charge on any atom is -0.452 e. The normalized spacial score (nSPS) is 11.5. The number of benzene rings is 2. The highest BCUT2D eigenvalue weighted by molar-refractivity contribution is 6.35. The van der Waals surface area contributed by atoms with Crippen LogP contribution in [0.1, 0.15) is 12.5 Å².